The molecule has 0 atom stereocenters. The van der Waals surface area contributed by atoms with E-state index in [1.165, 1.54) is 0 Å². The number of carbonyl (C=O) groups is 1. The number of hydrogen-bond donors (Lipinski definition) is 2. The number of aliphatic hydroxyl groups is 1. The summed E-state index contributed by atoms with van der Waals surface area (Å²) in [5, 5.41) is 18.3. The molecule has 0 radical (unpaired) electrons. The predicted molar refractivity (Wildman–Crippen MR) is 79.0 cm³/mol. The van der Waals surface area contributed by atoms with E-state index in [-0.39, 0.29) is 5.91 Å². The number of rotatable bonds is 3. The van der Waals surface area contributed by atoms with E-state index in [1.807, 2.05) is 14.0 Å². The van der Waals surface area contributed by atoms with E-state index in [1.54, 1.807) is 16.9 Å². The van der Waals surface area contributed by atoms with E-state index < -0.39 is 5.60 Å². The molecule has 112 valence electrons. The highest BCUT2D eigenvalue weighted by Crippen LogP contribution is 2.28. The molecule has 6 heteroatoms. The molecular formula is C15H20N4O2. The summed E-state index contributed by atoms with van der Waals surface area (Å²) in [4.78, 5) is 16.5. The van der Waals surface area contributed by atoms with Gasteiger partial charge in [-0.05, 0) is 25.8 Å². The molecule has 0 aliphatic heterocycles. The van der Waals surface area contributed by atoms with E-state index in [9.17, 15) is 9.90 Å². The van der Waals surface area contributed by atoms with Crippen molar-refractivity contribution in [2.45, 2.75) is 38.2 Å². The molecule has 0 spiro atoms. The summed E-state index contributed by atoms with van der Waals surface area (Å²) in [6, 6.07) is 1.80. The topological polar surface area (TPSA) is 80.0 Å². The van der Waals surface area contributed by atoms with Crippen molar-refractivity contribution in [2.24, 2.45) is 7.05 Å². The molecule has 2 N–H and O–H groups in total. The van der Waals surface area contributed by atoms with E-state index in [0.29, 0.717) is 12.1 Å². The van der Waals surface area contributed by atoms with Crippen molar-refractivity contribution in [3.05, 3.63) is 23.5 Å². The Kier molecular flexibility index (Phi) is 3.41. The zero-order chi connectivity index (χ0) is 15.0. The van der Waals surface area contributed by atoms with Crippen LogP contribution >= 0.6 is 0 Å². The third kappa shape index (κ3) is 2.63. The number of nitrogens with zero attached hydrogens (tertiary/aromatic N) is 3. The van der Waals surface area contributed by atoms with Crippen molar-refractivity contribution < 1.29 is 9.90 Å². The molecule has 0 aromatic carbocycles. The van der Waals surface area contributed by atoms with Gasteiger partial charge in [0.25, 0.3) is 5.91 Å². The van der Waals surface area contributed by atoms with Gasteiger partial charge in [-0.25, -0.2) is 4.98 Å². The second kappa shape index (κ2) is 5.11. The number of hydrogen-bond acceptors (Lipinski definition) is 4. The lowest BCUT2D eigenvalue weighted by atomic mass is 10.0. The average Bonchev–Trinajstić information content (AvgIpc) is 3.02. The van der Waals surface area contributed by atoms with E-state index in [0.717, 1.165) is 42.4 Å². The molecule has 2 heterocycles. The Morgan fingerprint density at radius 1 is 1.48 bits per heavy atom. The number of fused-ring (bicyclic) bond motifs is 1. The molecular weight excluding hydrogens is 268 g/mol. The summed E-state index contributed by atoms with van der Waals surface area (Å²) in [5.74, 6) is -0.201. The molecule has 21 heavy (non-hydrogen) atoms. The van der Waals surface area contributed by atoms with Gasteiger partial charge in [-0.15, -0.1) is 0 Å². The number of pyridine rings is 1. The number of aryl methyl sites for hydroxylation is 2. The Balaban J connectivity index is 1.77. The summed E-state index contributed by atoms with van der Waals surface area (Å²) < 4.78 is 1.70. The van der Waals surface area contributed by atoms with Crippen LogP contribution in [0.4, 0.5) is 0 Å². The van der Waals surface area contributed by atoms with Crippen LogP contribution in [-0.4, -0.2) is 37.9 Å². The number of aromatic nitrogens is 3. The van der Waals surface area contributed by atoms with Crippen LogP contribution in [0, 0.1) is 6.92 Å². The highest BCUT2D eigenvalue weighted by molar-refractivity contribution is 5.97. The first-order valence-corrected chi connectivity index (χ1v) is 7.28. The minimum atomic E-state index is -0.739. The van der Waals surface area contributed by atoms with Crippen molar-refractivity contribution in [2.75, 3.05) is 6.54 Å². The Morgan fingerprint density at radius 2 is 2.19 bits per heavy atom. The van der Waals surface area contributed by atoms with Gasteiger partial charge in [0.2, 0.25) is 0 Å². The summed E-state index contributed by atoms with van der Waals surface area (Å²) in [7, 11) is 1.83. The van der Waals surface area contributed by atoms with Gasteiger partial charge in [0.15, 0.2) is 5.65 Å². The third-order valence-electron chi connectivity index (χ3n) is 4.24. The fraction of sp³-hybridized carbons (Fsp3) is 0.533. The molecule has 2 aromatic heterocycles. The highest BCUT2D eigenvalue weighted by Gasteiger charge is 2.31. The van der Waals surface area contributed by atoms with Gasteiger partial charge in [-0.2, -0.15) is 5.10 Å². The maximum atomic E-state index is 12.2. The summed E-state index contributed by atoms with van der Waals surface area (Å²) in [6.07, 6.45) is 5.11. The lowest BCUT2D eigenvalue weighted by Crippen LogP contribution is -2.40. The highest BCUT2D eigenvalue weighted by atomic mass is 16.3. The van der Waals surface area contributed by atoms with Crippen molar-refractivity contribution in [1.29, 1.82) is 0 Å². The van der Waals surface area contributed by atoms with Crippen LogP contribution in [0.5, 0.6) is 0 Å². The van der Waals surface area contributed by atoms with Gasteiger partial charge in [0, 0.05) is 25.2 Å². The molecule has 3 rings (SSSR count). The number of amides is 1. The number of carbonyl (C=O) groups excluding carboxylic acids is 1. The smallest absolute Gasteiger partial charge is 0.252 e. The SMILES string of the molecule is Cc1nn(C)c2ncc(C(=O)NCC3(O)CCCC3)cc12. The quantitative estimate of drug-likeness (QED) is 0.892. The van der Waals surface area contributed by atoms with Gasteiger partial charge >= 0.3 is 0 Å². The lowest BCUT2D eigenvalue weighted by Gasteiger charge is -2.22. The first kappa shape index (κ1) is 14.0. The van der Waals surface area contributed by atoms with Gasteiger partial charge < -0.3 is 10.4 Å². The number of nitrogens with one attached hydrogen (secondary N) is 1. The normalized spacial score (nSPS) is 17.3. The molecule has 1 aliphatic carbocycles. The van der Waals surface area contributed by atoms with Crippen LogP contribution in [0.25, 0.3) is 11.0 Å². The molecule has 1 amide bonds. The molecule has 6 nitrogen and oxygen atoms in total. The summed E-state index contributed by atoms with van der Waals surface area (Å²) in [5.41, 5.74) is 1.37. The second-order valence-corrected chi connectivity index (χ2v) is 5.92. The summed E-state index contributed by atoms with van der Waals surface area (Å²) in [6.45, 7) is 2.20. The van der Waals surface area contributed by atoms with Crippen LogP contribution in [0.2, 0.25) is 0 Å². The molecule has 0 bridgehead atoms. The average molecular weight is 288 g/mol. The first-order valence-electron chi connectivity index (χ1n) is 7.28. The largest absolute Gasteiger partial charge is 0.388 e. The van der Waals surface area contributed by atoms with Gasteiger partial charge in [-0.1, -0.05) is 12.8 Å². The molecule has 2 aromatic rings. The third-order valence-corrected chi connectivity index (χ3v) is 4.24. The predicted octanol–water partition coefficient (Wildman–Crippen LogP) is 1.31. The molecule has 0 unspecified atom stereocenters. The standard InChI is InChI=1S/C15H20N4O2/c1-10-12-7-11(8-16-13(12)19(2)18-10)14(20)17-9-15(21)5-3-4-6-15/h7-8,21H,3-6,9H2,1-2H3,(H,17,20). The zero-order valence-corrected chi connectivity index (χ0v) is 12.4. The van der Waals surface area contributed by atoms with Crippen LogP contribution < -0.4 is 5.32 Å². The van der Waals surface area contributed by atoms with E-state index in [4.69, 9.17) is 0 Å². The van der Waals surface area contributed by atoms with Crippen LogP contribution in [0.1, 0.15) is 41.7 Å². The first-order chi connectivity index (χ1) is 9.98. The molecule has 1 aliphatic rings. The molecule has 1 fully saturated rings. The Labute approximate surface area is 123 Å². The van der Waals surface area contributed by atoms with Crippen molar-refractivity contribution >= 4 is 16.9 Å². The van der Waals surface area contributed by atoms with Crippen molar-refractivity contribution in [3.63, 3.8) is 0 Å². The summed E-state index contributed by atoms with van der Waals surface area (Å²) >= 11 is 0. The van der Waals surface area contributed by atoms with Crippen LogP contribution in [0.15, 0.2) is 12.3 Å². The van der Waals surface area contributed by atoms with Crippen molar-refractivity contribution in [1.82, 2.24) is 20.1 Å². The van der Waals surface area contributed by atoms with Gasteiger partial charge in [0.05, 0.1) is 16.9 Å². The Morgan fingerprint density at radius 3 is 2.90 bits per heavy atom. The van der Waals surface area contributed by atoms with Gasteiger partial charge in [-0.3, -0.25) is 9.48 Å². The van der Waals surface area contributed by atoms with Crippen LogP contribution in [0.3, 0.4) is 0 Å². The minimum absolute atomic E-state index is 0.201. The molecule has 0 saturated heterocycles. The Bertz CT molecular complexity index is 686. The lowest BCUT2D eigenvalue weighted by molar-refractivity contribution is 0.0449. The fourth-order valence-electron chi connectivity index (χ4n) is 2.99. The van der Waals surface area contributed by atoms with E-state index >= 15 is 0 Å². The van der Waals surface area contributed by atoms with Gasteiger partial charge in [0.1, 0.15) is 0 Å². The van der Waals surface area contributed by atoms with E-state index in [2.05, 4.69) is 15.4 Å². The monoisotopic (exact) mass is 288 g/mol. The maximum Gasteiger partial charge on any atom is 0.252 e. The maximum absolute atomic E-state index is 12.2. The Hall–Kier alpha value is -1.95. The minimum Gasteiger partial charge on any atom is -0.388 e. The fourth-order valence-corrected chi connectivity index (χ4v) is 2.99. The van der Waals surface area contributed by atoms with Crippen molar-refractivity contribution in [3.8, 4) is 0 Å². The zero-order valence-electron chi connectivity index (χ0n) is 12.4. The second-order valence-electron chi connectivity index (χ2n) is 5.92. The molecule has 1 saturated carbocycles. The van der Waals surface area contributed by atoms with Crippen LogP contribution in [-0.2, 0) is 7.05 Å².